The number of carboxylic acids is 1. The van der Waals surface area contributed by atoms with Crippen LogP contribution in [0.1, 0.15) is 6.42 Å². The van der Waals surface area contributed by atoms with Crippen LogP contribution >= 0.6 is 12.6 Å². The maximum Gasteiger partial charge on any atom is 0.362 e. The lowest BCUT2D eigenvalue weighted by molar-refractivity contribution is -0.887. The maximum atomic E-state index is 11.1. The molecule has 0 aromatic heterocycles. The van der Waals surface area contributed by atoms with E-state index in [0.717, 1.165) is 5.70 Å². The van der Waals surface area contributed by atoms with Gasteiger partial charge in [-0.05, 0) is 0 Å². The topological polar surface area (TPSA) is 61.4 Å². The normalized spacial score (nSPS) is 22.7. The molecule has 1 aliphatic rings. The van der Waals surface area contributed by atoms with E-state index in [4.69, 9.17) is 5.11 Å². The largest absolute Gasteiger partial charge is 0.477 e. The average molecular weight is 232 g/mol. The molecule has 3 N–H and O–H groups in total. The fourth-order valence-corrected chi connectivity index (χ4v) is 1.70. The molecule has 0 spiro atoms. The molecule has 2 atom stereocenters. The summed E-state index contributed by atoms with van der Waals surface area (Å²) in [5.41, 5.74) is 0.775. The molecule has 0 bridgehead atoms. The van der Waals surface area contributed by atoms with Crippen LogP contribution in [0, 0.1) is 0 Å². The van der Waals surface area contributed by atoms with Gasteiger partial charge in [0.2, 0.25) is 0 Å². The molecule has 1 aliphatic heterocycles. The number of hydrogen-bond acceptors (Lipinski definition) is 4. The summed E-state index contributed by atoms with van der Waals surface area (Å²) in [6, 6.07) is -0.454. The molecular formula is C9H18N3O2S+. The number of carboxylic acid groups (broad SMARTS) is 1. The molecule has 1 heterocycles. The van der Waals surface area contributed by atoms with Crippen molar-refractivity contribution in [1.29, 1.82) is 0 Å². The van der Waals surface area contributed by atoms with Crippen LogP contribution in [0.25, 0.3) is 0 Å². The molecule has 0 aliphatic carbocycles. The second-order valence-corrected chi connectivity index (χ2v) is 5.07. The summed E-state index contributed by atoms with van der Waals surface area (Å²) in [6.07, 6.45) is 2.26. The van der Waals surface area contributed by atoms with Crippen molar-refractivity contribution < 1.29 is 14.4 Å². The highest BCUT2D eigenvalue weighted by Gasteiger charge is 2.33. The summed E-state index contributed by atoms with van der Waals surface area (Å²) in [6.45, 7) is 0. The fourth-order valence-electron chi connectivity index (χ4n) is 1.46. The number of nitrogens with zero attached hydrogens (tertiary/aromatic N) is 1. The van der Waals surface area contributed by atoms with Crippen LogP contribution in [0.5, 0.6) is 0 Å². The van der Waals surface area contributed by atoms with Gasteiger partial charge >= 0.3 is 5.97 Å². The molecule has 86 valence electrons. The summed E-state index contributed by atoms with van der Waals surface area (Å²) in [5, 5.41) is 15.1. The number of nitrogens with one attached hydrogen (secondary N) is 2. The molecule has 0 radical (unpaired) electrons. The number of carbonyl (C=O) groups is 1. The first-order valence-corrected chi connectivity index (χ1v) is 5.26. The van der Waals surface area contributed by atoms with Crippen LogP contribution in [0.2, 0.25) is 0 Å². The van der Waals surface area contributed by atoms with Gasteiger partial charge in [-0.15, -0.1) is 12.6 Å². The first kappa shape index (κ1) is 12.2. The number of hydrogen-bond donors (Lipinski definition) is 4. The number of thiol groups is 1. The molecule has 6 heteroatoms. The lowest BCUT2D eigenvalue weighted by atomic mass is 10.1. The van der Waals surface area contributed by atoms with Gasteiger partial charge in [0.1, 0.15) is 5.50 Å². The highest BCUT2D eigenvalue weighted by Crippen LogP contribution is 2.15. The minimum atomic E-state index is -0.784. The number of rotatable bonds is 4. The maximum absolute atomic E-state index is 11.1. The van der Waals surface area contributed by atoms with Crippen molar-refractivity contribution in [2.75, 3.05) is 21.1 Å². The molecule has 0 amide bonds. The van der Waals surface area contributed by atoms with E-state index in [2.05, 4.69) is 23.3 Å². The van der Waals surface area contributed by atoms with E-state index < -0.39 is 12.0 Å². The summed E-state index contributed by atoms with van der Waals surface area (Å²) >= 11 is 4.17. The zero-order valence-corrected chi connectivity index (χ0v) is 10.1. The highest BCUT2D eigenvalue weighted by molar-refractivity contribution is 7.80. The summed E-state index contributed by atoms with van der Waals surface area (Å²) < 4.78 is 0.394. The second kappa shape index (κ2) is 4.32. The van der Waals surface area contributed by atoms with E-state index in [1.807, 2.05) is 21.1 Å². The zero-order valence-electron chi connectivity index (χ0n) is 9.19. The van der Waals surface area contributed by atoms with Gasteiger partial charge in [0.15, 0.2) is 6.04 Å². The fraction of sp³-hybridized carbons (Fsp3) is 0.667. The molecule has 5 nitrogen and oxygen atoms in total. The van der Waals surface area contributed by atoms with E-state index in [0.29, 0.717) is 10.9 Å². The molecule has 0 saturated heterocycles. The number of quaternary nitrogens is 1. The first-order chi connectivity index (χ1) is 6.80. The van der Waals surface area contributed by atoms with Gasteiger partial charge in [0.25, 0.3) is 0 Å². The van der Waals surface area contributed by atoms with Gasteiger partial charge < -0.3 is 20.2 Å². The molecular weight excluding hydrogens is 214 g/mol. The van der Waals surface area contributed by atoms with Crippen LogP contribution in [0.4, 0.5) is 0 Å². The van der Waals surface area contributed by atoms with Gasteiger partial charge in [0, 0.05) is 11.9 Å². The minimum Gasteiger partial charge on any atom is -0.477 e. The number of likely N-dealkylation sites (N-methyl/N-ethyl adjacent to an activating group) is 1. The summed E-state index contributed by atoms with van der Waals surface area (Å²) in [5.74, 6) is -0.784. The van der Waals surface area contributed by atoms with Crippen molar-refractivity contribution in [1.82, 2.24) is 10.6 Å². The molecule has 0 aromatic carbocycles. The van der Waals surface area contributed by atoms with E-state index in [-0.39, 0.29) is 5.50 Å². The monoisotopic (exact) mass is 232 g/mol. The predicted molar refractivity (Wildman–Crippen MR) is 61.2 cm³/mol. The van der Waals surface area contributed by atoms with E-state index in [9.17, 15) is 4.79 Å². The smallest absolute Gasteiger partial charge is 0.362 e. The van der Waals surface area contributed by atoms with Crippen molar-refractivity contribution in [3.63, 3.8) is 0 Å². The molecule has 2 unspecified atom stereocenters. The van der Waals surface area contributed by atoms with Crippen molar-refractivity contribution in [3.05, 3.63) is 11.9 Å². The van der Waals surface area contributed by atoms with Gasteiger partial charge in [-0.3, -0.25) is 0 Å². The lowest BCUT2D eigenvalue weighted by Crippen LogP contribution is -2.50. The van der Waals surface area contributed by atoms with Crippen molar-refractivity contribution in [2.24, 2.45) is 0 Å². The summed E-state index contributed by atoms with van der Waals surface area (Å²) in [7, 11) is 5.62. The molecule has 15 heavy (non-hydrogen) atoms. The Morgan fingerprint density at radius 2 is 2.27 bits per heavy atom. The van der Waals surface area contributed by atoms with Crippen LogP contribution in [-0.2, 0) is 4.79 Å². The number of aliphatic carboxylic acids is 1. The third kappa shape index (κ3) is 3.32. The molecule has 0 fully saturated rings. The van der Waals surface area contributed by atoms with Gasteiger partial charge in [-0.25, -0.2) is 4.79 Å². The van der Waals surface area contributed by atoms with Crippen molar-refractivity contribution in [3.8, 4) is 0 Å². The third-order valence-corrected chi connectivity index (χ3v) is 2.65. The van der Waals surface area contributed by atoms with Crippen molar-refractivity contribution >= 4 is 18.6 Å². The quantitative estimate of drug-likeness (QED) is 0.400. The van der Waals surface area contributed by atoms with Gasteiger partial charge in [0.05, 0.1) is 27.6 Å². The van der Waals surface area contributed by atoms with Crippen LogP contribution < -0.4 is 10.6 Å². The molecule has 0 aromatic rings. The van der Waals surface area contributed by atoms with Crippen molar-refractivity contribution in [2.45, 2.75) is 18.0 Å². The van der Waals surface area contributed by atoms with E-state index in [1.165, 1.54) is 0 Å². The standard InChI is InChI=1S/C9H17N3O2S/c1-12(2,3)7(8(13)14)4-6-5-10-9(15)11-6/h5,7,9-11H,4H2,1-3H3,(H-,13,14,15)/p+1. The summed E-state index contributed by atoms with van der Waals surface area (Å²) in [4.78, 5) is 11.1. The Morgan fingerprint density at radius 3 is 2.60 bits per heavy atom. The lowest BCUT2D eigenvalue weighted by Gasteiger charge is -2.31. The van der Waals surface area contributed by atoms with Gasteiger partial charge in [-0.2, -0.15) is 0 Å². The van der Waals surface area contributed by atoms with E-state index >= 15 is 0 Å². The first-order valence-electron chi connectivity index (χ1n) is 4.74. The highest BCUT2D eigenvalue weighted by atomic mass is 32.1. The van der Waals surface area contributed by atoms with Gasteiger partial charge in [-0.1, -0.05) is 0 Å². The van der Waals surface area contributed by atoms with Crippen LogP contribution in [-0.4, -0.2) is 48.2 Å². The Morgan fingerprint density at radius 1 is 1.67 bits per heavy atom. The van der Waals surface area contributed by atoms with E-state index in [1.54, 1.807) is 6.20 Å². The molecule has 1 rings (SSSR count). The Kier molecular flexibility index (Phi) is 3.51. The zero-order chi connectivity index (χ0) is 11.6. The Labute approximate surface area is 95.1 Å². The Hall–Kier alpha value is -0.880. The molecule has 0 saturated carbocycles. The van der Waals surface area contributed by atoms with Crippen LogP contribution in [0.15, 0.2) is 11.9 Å². The third-order valence-electron chi connectivity index (χ3n) is 2.37. The second-order valence-electron chi connectivity index (χ2n) is 4.56. The Balaban J connectivity index is 2.64. The average Bonchev–Trinajstić information content (AvgIpc) is 2.44. The van der Waals surface area contributed by atoms with Crippen LogP contribution in [0.3, 0.4) is 0 Å². The Bertz CT molecular complexity index is 286. The predicted octanol–water partition coefficient (Wildman–Crippen LogP) is -0.216. The minimum absolute atomic E-state index is 0.109. The SMILES string of the molecule is C[N+](C)(C)C(CC1=CNC(S)N1)C(=O)O.